The van der Waals surface area contributed by atoms with Crippen molar-refractivity contribution >= 4 is 6.21 Å². The van der Waals surface area contributed by atoms with Gasteiger partial charge < -0.3 is 20.9 Å². The number of aliphatic imine (C=N–C) groups is 1. The molecule has 3 rings (SSSR count). The van der Waals surface area contributed by atoms with Crippen LogP contribution < -0.4 is 15.8 Å². The van der Waals surface area contributed by atoms with E-state index < -0.39 is 6.10 Å². The van der Waals surface area contributed by atoms with Crippen molar-refractivity contribution in [3.05, 3.63) is 52.5 Å². The molecule has 0 bridgehead atoms. The fraction of sp³-hybridized carbons (Fsp3) is 0.542. The molecule has 5 nitrogen and oxygen atoms in total. The van der Waals surface area contributed by atoms with Crippen molar-refractivity contribution in [3.63, 3.8) is 0 Å². The van der Waals surface area contributed by atoms with E-state index in [-0.39, 0.29) is 23.9 Å². The Kier molecular flexibility index (Phi) is 7.81. The quantitative estimate of drug-likeness (QED) is 0.469. The maximum atomic E-state index is 14.1. The molecule has 1 aliphatic carbocycles. The van der Waals surface area contributed by atoms with E-state index in [2.05, 4.69) is 29.4 Å². The van der Waals surface area contributed by atoms with E-state index in [9.17, 15) is 9.50 Å². The maximum absolute atomic E-state index is 14.1. The van der Waals surface area contributed by atoms with E-state index in [1.807, 2.05) is 13.8 Å². The van der Waals surface area contributed by atoms with Crippen LogP contribution in [0.25, 0.3) is 0 Å². The second kappa shape index (κ2) is 10.3. The van der Waals surface area contributed by atoms with Crippen molar-refractivity contribution in [2.45, 2.75) is 71.2 Å². The molecule has 0 saturated heterocycles. The zero-order valence-electron chi connectivity index (χ0n) is 18.2. The van der Waals surface area contributed by atoms with E-state index >= 15 is 0 Å². The van der Waals surface area contributed by atoms with Crippen molar-refractivity contribution in [1.29, 1.82) is 0 Å². The summed E-state index contributed by atoms with van der Waals surface area (Å²) >= 11 is 0. The summed E-state index contributed by atoms with van der Waals surface area (Å²) in [5.74, 6) is 0.590. The van der Waals surface area contributed by atoms with Crippen LogP contribution in [0, 0.1) is 11.7 Å². The Balaban J connectivity index is 1.68. The van der Waals surface area contributed by atoms with Crippen molar-refractivity contribution in [1.82, 2.24) is 5.32 Å². The number of allylic oxidation sites excluding steroid dienone is 4. The lowest BCUT2D eigenvalue weighted by molar-refractivity contribution is 0.0509. The fourth-order valence-electron chi connectivity index (χ4n) is 4.46. The Morgan fingerprint density at radius 2 is 2.20 bits per heavy atom. The summed E-state index contributed by atoms with van der Waals surface area (Å²) in [6.45, 7) is 7.37. The van der Waals surface area contributed by atoms with E-state index in [1.54, 1.807) is 12.3 Å². The number of ether oxygens (including phenoxy) is 1. The third-order valence-corrected chi connectivity index (χ3v) is 6.24. The van der Waals surface area contributed by atoms with E-state index in [1.165, 1.54) is 11.6 Å². The highest BCUT2D eigenvalue weighted by Gasteiger charge is 2.41. The summed E-state index contributed by atoms with van der Waals surface area (Å²) in [4.78, 5) is 4.36. The number of nitrogens with two attached hydrogens (primary N) is 1. The molecule has 1 saturated carbocycles. The summed E-state index contributed by atoms with van der Waals surface area (Å²) in [6, 6.07) is 2.78. The molecule has 1 heterocycles. The average molecular weight is 416 g/mol. The van der Waals surface area contributed by atoms with Crippen LogP contribution in [0.3, 0.4) is 0 Å². The monoisotopic (exact) mass is 415 g/mol. The van der Waals surface area contributed by atoms with Crippen LogP contribution in [0.4, 0.5) is 4.39 Å². The van der Waals surface area contributed by atoms with Gasteiger partial charge in [-0.2, -0.15) is 0 Å². The standard InChI is InChI=1S/C24H34FN3O2/c1-4-16(15(3)28-5-2)7-6-8-17-13-22(24(29)23(17)26)30-21-10-9-20(25)18-11-12-27-14-19(18)21/h5-7,9-10,17,22-24,27,29H,4,8,11-14,26H2,1-3H3/b7-6-,16-15+,28-5?/t17-,22+,23?,24-/m1/s1. The third kappa shape index (κ3) is 4.99. The van der Waals surface area contributed by atoms with Gasteiger partial charge in [-0.15, -0.1) is 0 Å². The number of nitrogens with one attached hydrogen (secondary N) is 1. The minimum atomic E-state index is -0.742. The van der Waals surface area contributed by atoms with Gasteiger partial charge in [0, 0.05) is 30.1 Å². The minimum absolute atomic E-state index is 0.128. The number of rotatable bonds is 7. The molecule has 6 heteroatoms. The molecule has 4 atom stereocenters. The molecule has 1 aromatic carbocycles. The van der Waals surface area contributed by atoms with Gasteiger partial charge in [-0.3, -0.25) is 4.99 Å². The molecular formula is C24H34FN3O2. The zero-order valence-corrected chi connectivity index (χ0v) is 18.2. The van der Waals surface area contributed by atoms with Gasteiger partial charge in [0.15, 0.2) is 0 Å². The van der Waals surface area contributed by atoms with Crippen LogP contribution >= 0.6 is 0 Å². The van der Waals surface area contributed by atoms with Gasteiger partial charge >= 0.3 is 0 Å². The molecule has 0 spiro atoms. The average Bonchev–Trinajstić information content (AvgIpc) is 3.01. The molecule has 2 aliphatic rings. The summed E-state index contributed by atoms with van der Waals surface area (Å²) < 4.78 is 20.3. The lowest BCUT2D eigenvalue weighted by atomic mass is 9.98. The highest BCUT2D eigenvalue weighted by Crippen LogP contribution is 2.35. The van der Waals surface area contributed by atoms with E-state index in [0.717, 1.165) is 30.6 Å². The van der Waals surface area contributed by atoms with Crippen LogP contribution in [0.1, 0.15) is 51.2 Å². The number of hydrogen-bond donors (Lipinski definition) is 3. The first-order valence-electron chi connectivity index (χ1n) is 10.9. The molecule has 1 fully saturated rings. The SMILES string of the molecule is CC=N/C(C)=C(/C=C\C[C@@H]1C[C@H](Oc2ccc(F)c3c2CNCC3)[C@@H](O)C1N)CC. The zero-order chi connectivity index (χ0) is 21.7. The molecule has 164 valence electrons. The van der Waals surface area contributed by atoms with Gasteiger partial charge in [0.25, 0.3) is 0 Å². The maximum Gasteiger partial charge on any atom is 0.127 e. The number of halogens is 1. The van der Waals surface area contributed by atoms with Crippen LogP contribution in [0.15, 0.2) is 40.5 Å². The highest BCUT2D eigenvalue weighted by atomic mass is 19.1. The molecule has 30 heavy (non-hydrogen) atoms. The second-order valence-corrected chi connectivity index (χ2v) is 8.14. The molecule has 1 aromatic rings. The van der Waals surface area contributed by atoms with Crippen molar-refractivity contribution in [2.24, 2.45) is 16.6 Å². The van der Waals surface area contributed by atoms with Gasteiger partial charge in [0.2, 0.25) is 0 Å². The molecule has 1 unspecified atom stereocenters. The van der Waals surface area contributed by atoms with Crippen LogP contribution in [0.2, 0.25) is 0 Å². The van der Waals surface area contributed by atoms with Gasteiger partial charge in [-0.25, -0.2) is 4.39 Å². The molecule has 0 amide bonds. The Morgan fingerprint density at radius 1 is 1.40 bits per heavy atom. The topological polar surface area (TPSA) is 79.9 Å². The number of aliphatic hydroxyl groups excluding tert-OH is 1. The van der Waals surface area contributed by atoms with Gasteiger partial charge in [-0.05, 0) is 75.3 Å². The van der Waals surface area contributed by atoms with E-state index in [0.29, 0.717) is 30.7 Å². The van der Waals surface area contributed by atoms with Crippen molar-refractivity contribution in [3.8, 4) is 5.75 Å². The second-order valence-electron chi connectivity index (χ2n) is 8.14. The summed E-state index contributed by atoms with van der Waals surface area (Å²) in [7, 11) is 0. The van der Waals surface area contributed by atoms with Crippen LogP contribution in [-0.2, 0) is 13.0 Å². The van der Waals surface area contributed by atoms with Gasteiger partial charge in [0.1, 0.15) is 23.8 Å². The summed E-state index contributed by atoms with van der Waals surface area (Å²) in [5.41, 5.74) is 10.1. The predicted octanol–water partition coefficient (Wildman–Crippen LogP) is 3.65. The molecule has 4 N–H and O–H groups in total. The first kappa shape index (κ1) is 22.7. The molecular weight excluding hydrogens is 381 g/mol. The summed E-state index contributed by atoms with van der Waals surface area (Å²) in [5, 5.41) is 13.9. The lowest BCUT2D eigenvalue weighted by Gasteiger charge is -2.25. The van der Waals surface area contributed by atoms with Gasteiger partial charge in [0.05, 0.1) is 0 Å². The minimum Gasteiger partial charge on any atom is -0.487 e. The van der Waals surface area contributed by atoms with Crippen molar-refractivity contribution < 1.29 is 14.2 Å². The Labute approximate surface area is 178 Å². The Bertz CT molecular complexity index is 834. The number of aliphatic hydroxyl groups is 1. The summed E-state index contributed by atoms with van der Waals surface area (Å²) in [6.07, 6.45) is 7.90. The third-order valence-electron chi connectivity index (χ3n) is 6.24. The normalized spacial score (nSPS) is 27.5. The van der Waals surface area contributed by atoms with E-state index in [4.69, 9.17) is 10.5 Å². The first-order chi connectivity index (χ1) is 14.5. The Morgan fingerprint density at radius 3 is 2.93 bits per heavy atom. The number of fused-ring (bicyclic) bond motifs is 1. The van der Waals surface area contributed by atoms with Gasteiger partial charge in [-0.1, -0.05) is 19.1 Å². The van der Waals surface area contributed by atoms with Crippen LogP contribution in [-0.4, -0.2) is 36.1 Å². The van der Waals surface area contributed by atoms with Crippen LogP contribution in [0.5, 0.6) is 5.75 Å². The highest BCUT2D eigenvalue weighted by molar-refractivity contribution is 5.55. The largest absolute Gasteiger partial charge is 0.487 e. The number of hydrogen-bond acceptors (Lipinski definition) is 5. The fourth-order valence-corrected chi connectivity index (χ4v) is 4.46. The Hall–Kier alpha value is -2.02. The smallest absolute Gasteiger partial charge is 0.127 e. The van der Waals surface area contributed by atoms with Crippen molar-refractivity contribution in [2.75, 3.05) is 6.54 Å². The molecule has 1 aliphatic heterocycles. The predicted molar refractivity (Wildman–Crippen MR) is 119 cm³/mol. The number of nitrogens with zero attached hydrogens (tertiary/aromatic N) is 1. The number of benzene rings is 1. The molecule has 0 radical (unpaired) electrons. The molecule has 0 aromatic heterocycles. The lowest BCUT2D eigenvalue weighted by Crippen LogP contribution is -2.40. The first-order valence-corrected chi connectivity index (χ1v) is 10.9.